The summed E-state index contributed by atoms with van der Waals surface area (Å²) in [7, 11) is 0. The van der Waals surface area contributed by atoms with Crippen molar-refractivity contribution in [2.24, 2.45) is 5.92 Å². The highest BCUT2D eigenvalue weighted by molar-refractivity contribution is 5.98. The second-order valence-corrected chi connectivity index (χ2v) is 7.29. The van der Waals surface area contributed by atoms with E-state index in [1.807, 2.05) is 24.3 Å². The molecular formula is C19H25N3O2. The molecule has 0 bridgehead atoms. The third-order valence-electron chi connectivity index (χ3n) is 5.68. The maximum Gasteiger partial charge on any atom is 0.241 e. The second-order valence-electron chi connectivity index (χ2n) is 7.29. The Morgan fingerprint density at radius 1 is 1.21 bits per heavy atom. The lowest BCUT2D eigenvalue weighted by Crippen LogP contribution is -2.39. The first-order valence-corrected chi connectivity index (χ1v) is 9.18. The first-order chi connectivity index (χ1) is 11.7. The molecule has 0 spiro atoms. The number of hydrogen-bond donors (Lipinski definition) is 2. The zero-order chi connectivity index (χ0) is 16.5. The van der Waals surface area contributed by atoms with Gasteiger partial charge in [0.15, 0.2) is 0 Å². The summed E-state index contributed by atoms with van der Waals surface area (Å²) < 4.78 is 0. The number of nitrogens with zero attached hydrogens (tertiary/aromatic N) is 1. The Balaban J connectivity index is 1.42. The van der Waals surface area contributed by atoms with E-state index in [1.165, 1.54) is 25.7 Å². The Kier molecular flexibility index (Phi) is 4.27. The molecule has 2 saturated heterocycles. The van der Waals surface area contributed by atoms with Crippen LogP contribution in [0.25, 0.3) is 0 Å². The van der Waals surface area contributed by atoms with Gasteiger partial charge < -0.3 is 15.5 Å². The Morgan fingerprint density at radius 2 is 2.08 bits per heavy atom. The van der Waals surface area contributed by atoms with Crippen molar-refractivity contribution in [2.75, 3.05) is 16.8 Å². The molecule has 1 aromatic carbocycles. The van der Waals surface area contributed by atoms with E-state index in [2.05, 4.69) is 10.6 Å². The molecule has 3 fully saturated rings. The van der Waals surface area contributed by atoms with Gasteiger partial charge in [-0.15, -0.1) is 0 Å². The van der Waals surface area contributed by atoms with E-state index in [-0.39, 0.29) is 17.9 Å². The zero-order valence-corrected chi connectivity index (χ0v) is 14.0. The molecule has 5 heteroatoms. The average Bonchev–Trinajstić information content (AvgIpc) is 3.21. The second kappa shape index (κ2) is 6.55. The van der Waals surface area contributed by atoms with Gasteiger partial charge in [0.2, 0.25) is 11.8 Å². The molecule has 2 heterocycles. The van der Waals surface area contributed by atoms with Crippen LogP contribution in [0.5, 0.6) is 0 Å². The number of nitrogens with one attached hydrogen (secondary N) is 2. The van der Waals surface area contributed by atoms with E-state index in [0.717, 1.165) is 30.8 Å². The Hall–Kier alpha value is -1.88. The van der Waals surface area contributed by atoms with Crippen LogP contribution in [0.4, 0.5) is 11.4 Å². The number of fused-ring (bicyclic) bond motifs is 1. The summed E-state index contributed by atoms with van der Waals surface area (Å²) in [5, 5.41) is 6.55. The van der Waals surface area contributed by atoms with E-state index in [4.69, 9.17) is 0 Å². The number of benzene rings is 1. The van der Waals surface area contributed by atoms with Gasteiger partial charge in [0.1, 0.15) is 0 Å². The fourth-order valence-corrected chi connectivity index (χ4v) is 4.42. The first kappa shape index (κ1) is 15.6. The highest BCUT2D eigenvalue weighted by Crippen LogP contribution is 2.33. The van der Waals surface area contributed by atoms with Crippen LogP contribution in [0.3, 0.4) is 0 Å². The molecule has 2 aliphatic heterocycles. The smallest absolute Gasteiger partial charge is 0.241 e. The number of hydrogen-bond acceptors (Lipinski definition) is 3. The van der Waals surface area contributed by atoms with Gasteiger partial charge in [-0.25, -0.2) is 0 Å². The molecule has 1 aliphatic carbocycles. The normalized spacial score (nSPS) is 29.6. The quantitative estimate of drug-likeness (QED) is 0.897. The summed E-state index contributed by atoms with van der Waals surface area (Å²) in [5.74, 6) is 0.873. The van der Waals surface area contributed by atoms with Gasteiger partial charge in [-0.3, -0.25) is 9.59 Å². The Bertz CT molecular complexity index is 631. The predicted octanol–water partition coefficient (Wildman–Crippen LogP) is 2.67. The van der Waals surface area contributed by atoms with Crippen molar-refractivity contribution in [2.45, 2.75) is 57.0 Å². The lowest BCUT2D eigenvalue weighted by atomic mass is 9.85. The molecule has 2 N–H and O–H groups in total. The molecule has 0 radical (unpaired) electrons. The third-order valence-corrected chi connectivity index (χ3v) is 5.68. The molecule has 5 nitrogen and oxygen atoms in total. The fourth-order valence-electron chi connectivity index (χ4n) is 4.42. The van der Waals surface area contributed by atoms with E-state index in [9.17, 15) is 9.59 Å². The van der Waals surface area contributed by atoms with Crippen molar-refractivity contribution in [3.63, 3.8) is 0 Å². The summed E-state index contributed by atoms with van der Waals surface area (Å²) in [4.78, 5) is 26.3. The van der Waals surface area contributed by atoms with Crippen LogP contribution in [-0.2, 0) is 9.59 Å². The summed E-state index contributed by atoms with van der Waals surface area (Å²) >= 11 is 0. The van der Waals surface area contributed by atoms with Gasteiger partial charge >= 0.3 is 0 Å². The molecule has 1 aromatic rings. The van der Waals surface area contributed by atoms with Gasteiger partial charge in [-0.1, -0.05) is 18.9 Å². The molecule has 0 aromatic heterocycles. The summed E-state index contributed by atoms with van der Waals surface area (Å²) in [6.07, 6.45) is 7.48. The molecule has 1 saturated carbocycles. The Labute approximate surface area is 142 Å². The van der Waals surface area contributed by atoms with Crippen molar-refractivity contribution in [1.29, 1.82) is 0 Å². The van der Waals surface area contributed by atoms with Crippen LogP contribution in [-0.4, -0.2) is 30.4 Å². The highest BCUT2D eigenvalue weighted by atomic mass is 16.2. The summed E-state index contributed by atoms with van der Waals surface area (Å²) in [5.41, 5.74) is 1.65. The molecule has 4 rings (SSSR count). The van der Waals surface area contributed by atoms with Crippen LogP contribution in [0.15, 0.2) is 24.3 Å². The van der Waals surface area contributed by atoms with Crippen molar-refractivity contribution in [1.82, 2.24) is 5.32 Å². The SMILES string of the molecule is O=C(Nc1cccc(N2CCCC2=O)c1)C1CC2CCCCC2N1. The number of amides is 2. The minimum absolute atomic E-state index is 0.0503. The molecule has 3 aliphatic rings. The maximum absolute atomic E-state index is 12.6. The molecule has 2 amide bonds. The number of anilines is 2. The summed E-state index contributed by atoms with van der Waals surface area (Å²) in [6, 6.07) is 8.06. The minimum atomic E-state index is -0.0878. The van der Waals surface area contributed by atoms with Crippen molar-refractivity contribution >= 4 is 23.2 Å². The van der Waals surface area contributed by atoms with Gasteiger partial charge in [-0.2, -0.15) is 0 Å². The number of rotatable bonds is 3. The maximum atomic E-state index is 12.6. The molecule has 3 unspecified atom stereocenters. The molecular weight excluding hydrogens is 302 g/mol. The third kappa shape index (κ3) is 3.05. The van der Waals surface area contributed by atoms with Crippen LogP contribution in [0.1, 0.15) is 44.9 Å². The average molecular weight is 327 g/mol. The molecule has 3 atom stereocenters. The zero-order valence-electron chi connectivity index (χ0n) is 14.0. The topological polar surface area (TPSA) is 61.4 Å². The van der Waals surface area contributed by atoms with Crippen LogP contribution in [0.2, 0.25) is 0 Å². The lowest BCUT2D eigenvalue weighted by Gasteiger charge is -2.24. The largest absolute Gasteiger partial charge is 0.325 e. The molecule has 128 valence electrons. The van der Waals surface area contributed by atoms with Crippen LogP contribution >= 0.6 is 0 Å². The van der Waals surface area contributed by atoms with Crippen LogP contribution < -0.4 is 15.5 Å². The van der Waals surface area contributed by atoms with Gasteiger partial charge in [-0.05, 0) is 49.8 Å². The van der Waals surface area contributed by atoms with Crippen molar-refractivity contribution in [3.8, 4) is 0 Å². The van der Waals surface area contributed by atoms with Gasteiger partial charge in [0.05, 0.1) is 6.04 Å². The predicted molar refractivity (Wildman–Crippen MR) is 93.9 cm³/mol. The van der Waals surface area contributed by atoms with Gasteiger partial charge in [0.25, 0.3) is 0 Å². The van der Waals surface area contributed by atoms with Gasteiger partial charge in [0, 0.05) is 30.4 Å². The fraction of sp³-hybridized carbons (Fsp3) is 0.579. The van der Waals surface area contributed by atoms with Crippen molar-refractivity contribution < 1.29 is 9.59 Å². The number of carbonyl (C=O) groups is 2. The molecule has 24 heavy (non-hydrogen) atoms. The van der Waals surface area contributed by atoms with E-state index < -0.39 is 0 Å². The van der Waals surface area contributed by atoms with E-state index >= 15 is 0 Å². The minimum Gasteiger partial charge on any atom is -0.325 e. The Morgan fingerprint density at radius 3 is 2.88 bits per heavy atom. The first-order valence-electron chi connectivity index (χ1n) is 9.18. The highest BCUT2D eigenvalue weighted by Gasteiger charge is 2.38. The summed E-state index contributed by atoms with van der Waals surface area (Å²) in [6.45, 7) is 0.768. The van der Waals surface area contributed by atoms with Crippen LogP contribution in [0, 0.1) is 5.92 Å². The number of carbonyl (C=O) groups excluding carboxylic acids is 2. The van der Waals surface area contributed by atoms with E-state index in [1.54, 1.807) is 4.90 Å². The van der Waals surface area contributed by atoms with E-state index in [0.29, 0.717) is 18.4 Å². The standard InChI is InChI=1S/C19H25N3O2/c23-18-9-4-10-22(18)15-7-3-6-14(12-15)20-19(24)17-11-13-5-1-2-8-16(13)21-17/h3,6-7,12-13,16-17,21H,1-2,4-5,8-11H2,(H,20,24). The van der Waals surface area contributed by atoms with Crippen molar-refractivity contribution in [3.05, 3.63) is 24.3 Å². The monoisotopic (exact) mass is 327 g/mol. The lowest BCUT2D eigenvalue weighted by molar-refractivity contribution is -0.118.